The number of aryl methyl sites for hydroxylation is 1. The molecule has 0 unspecified atom stereocenters. The van der Waals surface area contributed by atoms with E-state index in [2.05, 4.69) is 57.7 Å². The molecule has 1 saturated carbocycles. The average Bonchev–Trinajstić information content (AvgIpc) is 0.796. The van der Waals surface area contributed by atoms with Crippen molar-refractivity contribution in [2.75, 3.05) is 12.4 Å². The number of ether oxygens (including phenoxy) is 3. The summed E-state index contributed by atoms with van der Waals surface area (Å²) < 4.78 is 18.4. The minimum Gasteiger partial charge on any atom is -0.457 e. The number of fused-ring (bicyclic) bond motifs is 5. The van der Waals surface area contributed by atoms with E-state index in [0.29, 0.717) is 76.2 Å². The molecular weight excluding hydrogens is 1420 g/mol. The van der Waals surface area contributed by atoms with Gasteiger partial charge in [-0.25, -0.2) is 4.98 Å². The van der Waals surface area contributed by atoms with Crippen molar-refractivity contribution in [3.05, 3.63) is 376 Å². The van der Waals surface area contributed by atoms with Gasteiger partial charge in [0.15, 0.2) is 0 Å². The third-order valence-electron chi connectivity index (χ3n) is 20.0. The lowest BCUT2D eigenvalue weighted by Gasteiger charge is -2.20. The van der Waals surface area contributed by atoms with Gasteiger partial charge in [0, 0.05) is 114 Å². The molecule has 17 rings (SSSR count). The summed E-state index contributed by atoms with van der Waals surface area (Å²) in [6, 6.07) is 87.5. The van der Waals surface area contributed by atoms with Crippen LogP contribution in [0.5, 0.6) is 34.5 Å². The normalized spacial score (nSPS) is 12.1. The van der Waals surface area contributed by atoms with Crippen LogP contribution in [0.4, 0.5) is 5.69 Å². The lowest BCUT2D eigenvalue weighted by Crippen LogP contribution is -2.26. The van der Waals surface area contributed by atoms with Gasteiger partial charge in [-0.15, -0.1) is 0 Å². The molecule has 16 aromatic rings. The van der Waals surface area contributed by atoms with Gasteiger partial charge in [-0.1, -0.05) is 153 Å². The van der Waals surface area contributed by atoms with E-state index >= 15 is 0 Å². The highest BCUT2D eigenvalue weighted by Crippen LogP contribution is 2.36. The smallest absolute Gasteiger partial charge is 0.258 e. The summed E-state index contributed by atoms with van der Waals surface area (Å²) in [5.74, 6) is 5.26. The van der Waals surface area contributed by atoms with Crippen molar-refractivity contribution in [2.24, 2.45) is 5.92 Å². The molecule has 6 aromatic heterocycles. The predicted molar refractivity (Wildman–Crippen MR) is 453 cm³/mol. The van der Waals surface area contributed by atoms with E-state index in [1.54, 1.807) is 49.0 Å². The van der Waals surface area contributed by atoms with Crippen LogP contribution >= 0.6 is 0 Å². The van der Waals surface area contributed by atoms with Gasteiger partial charge in [0.25, 0.3) is 17.4 Å². The molecule has 3 amide bonds. The highest BCUT2D eigenvalue weighted by Gasteiger charge is 2.21. The van der Waals surface area contributed by atoms with Gasteiger partial charge in [-0.3, -0.25) is 44.1 Å². The van der Waals surface area contributed by atoms with Crippen molar-refractivity contribution in [3.8, 4) is 34.5 Å². The van der Waals surface area contributed by atoms with Crippen LogP contribution in [0, 0.1) is 19.8 Å². The quantitative estimate of drug-likeness (QED) is 0.0687. The minimum absolute atomic E-state index is 0.0403. The van der Waals surface area contributed by atoms with Crippen LogP contribution in [0.15, 0.2) is 315 Å². The minimum atomic E-state index is -0.175. The van der Waals surface area contributed by atoms with Gasteiger partial charge in [0.1, 0.15) is 40.3 Å². The number of H-pyrrole nitrogens is 1. The Balaban J connectivity index is 0.000000126. The fraction of sp³-hybridized carbons (Fsp3) is 0.155. The van der Waals surface area contributed by atoms with Gasteiger partial charge in [-0.05, 0) is 213 Å². The van der Waals surface area contributed by atoms with Crippen molar-refractivity contribution in [2.45, 2.75) is 84.7 Å². The summed E-state index contributed by atoms with van der Waals surface area (Å²) >= 11 is 0. The Kier molecular flexibility index (Phi) is 25.0. The van der Waals surface area contributed by atoms with Crippen LogP contribution in [0.25, 0.3) is 54.5 Å². The Labute approximate surface area is 661 Å². The molecule has 1 aliphatic rings. The lowest BCUT2D eigenvalue weighted by atomic mass is 9.87. The molecule has 0 aliphatic heterocycles. The second-order valence-electron chi connectivity index (χ2n) is 28.3. The number of carbonyl (C=O) groups excluding carboxylic acids is 3. The second kappa shape index (κ2) is 37.1. The van der Waals surface area contributed by atoms with Crippen molar-refractivity contribution in [1.29, 1.82) is 0 Å². The number of amides is 3. The number of nitrogens with one attached hydrogen (secondary N) is 3. The Bertz CT molecular complexity index is 6080. The summed E-state index contributed by atoms with van der Waals surface area (Å²) in [7, 11) is 1.80. The zero-order chi connectivity index (χ0) is 78.5. The molecule has 0 radical (unpaired) electrons. The first-order valence-electron chi connectivity index (χ1n) is 38.3. The van der Waals surface area contributed by atoms with Crippen molar-refractivity contribution >= 4 is 77.9 Å². The molecule has 0 saturated heterocycles. The maximum absolute atomic E-state index is 13.1. The van der Waals surface area contributed by atoms with Crippen LogP contribution in [-0.4, -0.2) is 64.6 Å². The van der Waals surface area contributed by atoms with Gasteiger partial charge in [0.05, 0.1) is 39.0 Å². The van der Waals surface area contributed by atoms with Gasteiger partial charge in [-0.2, -0.15) is 0 Å². The number of anilines is 1. The SMILES string of the molecule is C[C@@H](NC(=O)c1cccc(Cc2ccnc3ccccc23)c1)c1ccccc1.Cc1ccc2c(Oc3cccc(C(=O)N(C)Cc4ccncc4)c3C)ccnc2c1.O=C(CC1CCCCC1)Nc1cccc(Oc2ccnc3ccccc23)c1.O=c1[nH]c(Cc2ccccc2)nc2ccc(Oc3ccnc4ccccc34)cc12. The van der Waals surface area contributed by atoms with E-state index in [0.717, 1.165) is 101 Å². The molecule has 114 heavy (non-hydrogen) atoms. The van der Waals surface area contributed by atoms with E-state index in [1.165, 1.54) is 37.7 Å². The molecule has 3 N–H and O–H groups in total. The summed E-state index contributed by atoms with van der Waals surface area (Å²) in [4.78, 5) is 81.6. The number of hydrogen-bond donors (Lipinski definition) is 3. The maximum Gasteiger partial charge on any atom is 0.258 e. The Morgan fingerprint density at radius 3 is 1.77 bits per heavy atom. The Morgan fingerprint density at radius 1 is 0.482 bits per heavy atom. The Hall–Kier alpha value is -14.1. The van der Waals surface area contributed by atoms with Crippen LogP contribution in [0.1, 0.15) is 117 Å². The van der Waals surface area contributed by atoms with Crippen molar-refractivity contribution in [1.82, 2.24) is 45.1 Å². The molecule has 1 atom stereocenters. The topological polar surface area (TPSA) is 216 Å². The van der Waals surface area contributed by atoms with E-state index < -0.39 is 0 Å². The number of aromatic amines is 1. The van der Waals surface area contributed by atoms with E-state index in [9.17, 15) is 19.2 Å². The largest absolute Gasteiger partial charge is 0.457 e. The summed E-state index contributed by atoms with van der Waals surface area (Å²) in [5, 5.41) is 10.6. The van der Waals surface area contributed by atoms with E-state index in [4.69, 9.17) is 14.2 Å². The molecule has 566 valence electrons. The monoisotopic (exact) mass is 1500 g/mol. The summed E-state index contributed by atoms with van der Waals surface area (Å²) in [6.45, 7) is 6.47. The molecule has 0 bridgehead atoms. The number of benzene rings is 10. The zero-order valence-electron chi connectivity index (χ0n) is 64.0. The maximum atomic E-state index is 13.1. The first-order valence-corrected chi connectivity index (χ1v) is 38.3. The molecule has 10 aromatic carbocycles. The van der Waals surface area contributed by atoms with Crippen LogP contribution in [-0.2, 0) is 24.2 Å². The molecule has 17 nitrogen and oxygen atoms in total. The molecule has 6 heterocycles. The van der Waals surface area contributed by atoms with Crippen LogP contribution < -0.4 is 30.4 Å². The number of aromatic nitrogens is 7. The lowest BCUT2D eigenvalue weighted by molar-refractivity contribution is -0.117. The fourth-order valence-corrected chi connectivity index (χ4v) is 14.1. The third-order valence-corrected chi connectivity index (χ3v) is 20.0. The van der Waals surface area contributed by atoms with E-state index in [-0.39, 0.29) is 29.3 Å². The number of pyridine rings is 5. The van der Waals surface area contributed by atoms with Gasteiger partial charge >= 0.3 is 0 Å². The second-order valence-corrected chi connectivity index (χ2v) is 28.3. The number of hydrogen-bond acceptors (Lipinski definition) is 13. The molecule has 0 spiro atoms. The molecule has 17 heteroatoms. The first-order chi connectivity index (χ1) is 55.8. The highest BCUT2D eigenvalue weighted by atomic mass is 16.5. The van der Waals surface area contributed by atoms with Crippen LogP contribution in [0.3, 0.4) is 0 Å². The summed E-state index contributed by atoms with van der Waals surface area (Å²) in [5.41, 5.74) is 13.7. The number of rotatable bonds is 19. The van der Waals surface area contributed by atoms with Crippen LogP contribution in [0.2, 0.25) is 0 Å². The van der Waals surface area contributed by atoms with Gasteiger partial charge in [0.2, 0.25) is 5.91 Å². The number of carbonyl (C=O) groups is 3. The molecule has 1 aliphatic carbocycles. The van der Waals surface area contributed by atoms with Gasteiger partial charge < -0.3 is 34.7 Å². The number of nitrogens with zero attached hydrogens (tertiary/aromatic N) is 7. The summed E-state index contributed by atoms with van der Waals surface area (Å²) in [6.07, 6.45) is 18.6. The average molecular weight is 1500 g/mol. The Morgan fingerprint density at radius 2 is 1.07 bits per heavy atom. The predicted octanol–water partition coefficient (Wildman–Crippen LogP) is 21.4. The van der Waals surface area contributed by atoms with Crippen molar-refractivity contribution in [3.63, 3.8) is 0 Å². The van der Waals surface area contributed by atoms with Crippen molar-refractivity contribution < 1.29 is 28.6 Å². The third kappa shape index (κ3) is 19.9. The first kappa shape index (κ1) is 76.7. The standard InChI is InChI=1S/C25H23N3O2.C25H22N2O.C24H17N3O2.C23H24N2O2/c1-17-7-8-21-22(15-17)27-14-11-24(21)30-23-6-4-5-20(18(23)2)25(29)28(3)16-19-9-12-26-13-10-19;1-18(20-9-3-2-4-10-20)27-25(28)22-11-7-8-19(17-22)16-21-14-15-26-24-13-6-5-12-23(21)24;28-24-19-15-17(29-22-12-13-25-20-9-5-4-8-18(20)22)10-11-21(19)26-23(27-24)14-16-6-2-1-3-7-16;26-23(15-17-7-2-1-3-8-17)25-18-9-6-10-19(16-18)27-22-13-14-24-21-12-5-4-11-20(21)22/h4-15H,16H2,1-3H3;2-15,17-18H,16H2,1H3,(H,27,28);1-13,15H,14H2,(H,26,27,28);4-6,9-14,16-17H,1-3,7-8,15H2,(H,25,26)/t;18-;;/m.1../s1. The fourth-order valence-electron chi connectivity index (χ4n) is 14.1. The molecule has 1 fully saturated rings. The van der Waals surface area contributed by atoms with E-state index in [1.807, 2.05) is 282 Å². The zero-order valence-corrected chi connectivity index (χ0v) is 64.0. The highest BCUT2D eigenvalue weighted by molar-refractivity contribution is 5.97. The molecular formula is C97H86N10O7. The number of para-hydroxylation sites is 3.